The van der Waals surface area contributed by atoms with Crippen LogP contribution < -0.4 is 10.6 Å². The maximum Gasteiger partial charge on any atom is 0.339 e. The maximum absolute atomic E-state index is 12.5. The smallest absolute Gasteiger partial charge is 0.339 e. The van der Waals surface area contributed by atoms with Crippen LogP contribution in [-0.2, 0) is 14.3 Å². The Kier molecular flexibility index (Phi) is 9.01. The zero-order valence-electron chi connectivity index (χ0n) is 17.7. The molecule has 3 atom stereocenters. The first kappa shape index (κ1) is 23.3. The maximum atomic E-state index is 12.5. The molecule has 1 aliphatic rings. The average Bonchev–Trinajstić information content (AvgIpc) is 2.68. The summed E-state index contributed by atoms with van der Waals surface area (Å²) in [6.07, 6.45) is 3.25. The van der Waals surface area contributed by atoms with Gasteiger partial charge in [-0.3, -0.25) is 9.59 Å². The SMILES string of the molecule is CC(C)NC(=O)CSc1ccccc1C(=O)OCC(=O)N[C@@H]1CCC[C@@H](C)[C@H]1C. The topological polar surface area (TPSA) is 84.5 Å². The number of thioether (sulfide) groups is 1. The van der Waals surface area contributed by atoms with E-state index in [1.807, 2.05) is 13.8 Å². The first-order valence-electron chi connectivity index (χ1n) is 10.3. The largest absolute Gasteiger partial charge is 0.452 e. The number of amides is 2. The van der Waals surface area contributed by atoms with Crippen LogP contribution in [0.2, 0.25) is 0 Å². The van der Waals surface area contributed by atoms with Gasteiger partial charge in [0.25, 0.3) is 5.91 Å². The molecule has 0 bridgehead atoms. The zero-order chi connectivity index (χ0) is 21.4. The second kappa shape index (κ2) is 11.2. The molecule has 0 aromatic heterocycles. The second-order valence-corrected chi connectivity index (χ2v) is 9.04. The quantitative estimate of drug-likeness (QED) is 0.497. The Labute approximate surface area is 177 Å². The molecule has 1 saturated carbocycles. The molecule has 0 aliphatic heterocycles. The summed E-state index contributed by atoms with van der Waals surface area (Å²) >= 11 is 1.28. The van der Waals surface area contributed by atoms with Gasteiger partial charge in [0.15, 0.2) is 6.61 Å². The van der Waals surface area contributed by atoms with E-state index in [1.54, 1.807) is 24.3 Å². The Bertz CT molecular complexity index is 723. The molecule has 6 nitrogen and oxygen atoms in total. The van der Waals surface area contributed by atoms with E-state index in [1.165, 1.54) is 18.2 Å². The summed E-state index contributed by atoms with van der Waals surface area (Å²) in [6, 6.07) is 7.16. The number of carbonyl (C=O) groups is 3. The Balaban J connectivity index is 1.87. The summed E-state index contributed by atoms with van der Waals surface area (Å²) in [7, 11) is 0. The van der Waals surface area contributed by atoms with E-state index in [-0.39, 0.29) is 36.3 Å². The van der Waals surface area contributed by atoms with E-state index in [0.717, 1.165) is 12.8 Å². The van der Waals surface area contributed by atoms with Crippen molar-refractivity contribution in [3.8, 4) is 0 Å². The van der Waals surface area contributed by atoms with Crippen LogP contribution in [0.4, 0.5) is 0 Å². The molecule has 1 aliphatic carbocycles. The molecule has 0 saturated heterocycles. The van der Waals surface area contributed by atoms with Crippen molar-refractivity contribution in [2.24, 2.45) is 11.8 Å². The molecule has 0 heterocycles. The van der Waals surface area contributed by atoms with Crippen molar-refractivity contribution in [3.63, 3.8) is 0 Å². The first-order valence-corrected chi connectivity index (χ1v) is 11.2. The summed E-state index contributed by atoms with van der Waals surface area (Å²) in [6.45, 7) is 7.85. The van der Waals surface area contributed by atoms with Crippen LogP contribution >= 0.6 is 11.8 Å². The second-order valence-electron chi connectivity index (χ2n) is 8.02. The van der Waals surface area contributed by atoms with Crippen LogP contribution in [0.1, 0.15) is 57.3 Å². The van der Waals surface area contributed by atoms with Crippen LogP contribution in [0.5, 0.6) is 0 Å². The van der Waals surface area contributed by atoms with Gasteiger partial charge in [-0.2, -0.15) is 0 Å². The Hall–Kier alpha value is -2.02. The van der Waals surface area contributed by atoms with Gasteiger partial charge in [0.1, 0.15) is 0 Å². The lowest BCUT2D eigenvalue weighted by atomic mass is 9.78. The minimum absolute atomic E-state index is 0.0664. The van der Waals surface area contributed by atoms with Crippen molar-refractivity contribution in [1.82, 2.24) is 10.6 Å². The molecule has 0 spiro atoms. The number of esters is 1. The average molecular weight is 421 g/mol. The molecular weight excluding hydrogens is 388 g/mol. The lowest BCUT2D eigenvalue weighted by molar-refractivity contribution is -0.125. The van der Waals surface area contributed by atoms with Crippen LogP contribution in [0.3, 0.4) is 0 Å². The van der Waals surface area contributed by atoms with E-state index in [9.17, 15) is 14.4 Å². The van der Waals surface area contributed by atoms with Gasteiger partial charge in [0.2, 0.25) is 5.91 Å². The van der Waals surface area contributed by atoms with Crippen molar-refractivity contribution in [1.29, 1.82) is 0 Å². The van der Waals surface area contributed by atoms with Crippen molar-refractivity contribution >= 4 is 29.5 Å². The van der Waals surface area contributed by atoms with Crippen molar-refractivity contribution in [3.05, 3.63) is 29.8 Å². The van der Waals surface area contributed by atoms with Gasteiger partial charge in [-0.1, -0.05) is 38.8 Å². The highest BCUT2D eigenvalue weighted by Gasteiger charge is 2.28. The fourth-order valence-electron chi connectivity index (χ4n) is 3.51. The Morgan fingerprint density at radius 2 is 1.86 bits per heavy atom. The van der Waals surface area contributed by atoms with E-state index in [0.29, 0.717) is 22.3 Å². The van der Waals surface area contributed by atoms with E-state index >= 15 is 0 Å². The molecule has 29 heavy (non-hydrogen) atoms. The number of benzene rings is 1. The number of nitrogens with one attached hydrogen (secondary N) is 2. The molecule has 1 aromatic carbocycles. The van der Waals surface area contributed by atoms with Crippen molar-refractivity contribution < 1.29 is 19.1 Å². The van der Waals surface area contributed by atoms with Gasteiger partial charge in [0, 0.05) is 17.0 Å². The number of carbonyl (C=O) groups excluding carboxylic acids is 3. The van der Waals surface area contributed by atoms with Crippen LogP contribution in [0.15, 0.2) is 29.2 Å². The molecule has 2 N–H and O–H groups in total. The molecule has 7 heteroatoms. The number of hydrogen-bond acceptors (Lipinski definition) is 5. The van der Waals surface area contributed by atoms with Gasteiger partial charge in [0.05, 0.1) is 11.3 Å². The molecule has 2 amide bonds. The normalized spacial score (nSPS) is 21.5. The minimum Gasteiger partial charge on any atom is -0.452 e. The highest BCUT2D eigenvalue weighted by Crippen LogP contribution is 2.29. The monoisotopic (exact) mass is 420 g/mol. The third-order valence-corrected chi connectivity index (χ3v) is 6.38. The van der Waals surface area contributed by atoms with Crippen molar-refractivity contribution in [2.75, 3.05) is 12.4 Å². The number of ether oxygens (including phenoxy) is 1. The fourth-order valence-corrected chi connectivity index (χ4v) is 4.36. The summed E-state index contributed by atoms with van der Waals surface area (Å²) < 4.78 is 5.24. The Morgan fingerprint density at radius 1 is 1.14 bits per heavy atom. The summed E-state index contributed by atoms with van der Waals surface area (Å²) in [4.78, 5) is 37.3. The predicted octanol–water partition coefficient (Wildman–Crippen LogP) is 3.40. The van der Waals surface area contributed by atoms with Gasteiger partial charge in [-0.15, -0.1) is 11.8 Å². The highest BCUT2D eigenvalue weighted by atomic mass is 32.2. The summed E-state index contributed by atoms with van der Waals surface area (Å²) in [5.41, 5.74) is 0.363. The lowest BCUT2D eigenvalue weighted by Gasteiger charge is -2.34. The van der Waals surface area contributed by atoms with Gasteiger partial charge in [-0.05, 0) is 44.2 Å². The van der Waals surface area contributed by atoms with Gasteiger partial charge < -0.3 is 15.4 Å². The molecule has 0 radical (unpaired) electrons. The lowest BCUT2D eigenvalue weighted by Crippen LogP contribution is -2.45. The fraction of sp³-hybridized carbons (Fsp3) is 0.591. The number of hydrogen-bond donors (Lipinski definition) is 2. The molecular formula is C22H32N2O4S. The van der Waals surface area contributed by atoms with Gasteiger partial charge in [-0.25, -0.2) is 4.79 Å². The molecule has 1 aromatic rings. The van der Waals surface area contributed by atoms with E-state index < -0.39 is 5.97 Å². The van der Waals surface area contributed by atoms with E-state index in [4.69, 9.17) is 4.74 Å². The third kappa shape index (κ3) is 7.38. The molecule has 160 valence electrons. The minimum atomic E-state index is -0.558. The summed E-state index contributed by atoms with van der Waals surface area (Å²) in [5.74, 6) is 0.276. The first-order chi connectivity index (χ1) is 13.8. The third-order valence-electron chi connectivity index (χ3n) is 5.30. The summed E-state index contributed by atoms with van der Waals surface area (Å²) in [5, 5.41) is 5.82. The molecule has 0 unspecified atom stereocenters. The van der Waals surface area contributed by atoms with Crippen LogP contribution in [0.25, 0.3) is 0 Å². The molecule has 2 rings (SSSR count). The standard InChI is InChI=1S/C22H32N2O4S/c1-14(2)23-21(26)13-29-19-11-6-5-9-17(19)22(27)28-12-20(25)24-18-10-7-8-15(3)16(18)4/h5-6,9,11,14-16,18H,7-8,10,12-13H2,1-4H3,(H,23,26)(H,24,25)/t15-,16-,18-/m1/s1. The van der Waals surface area contributed by atoms with Crippen LogP contribution in [0, 0.1) is 11.8 Å². The predicted molar refractivity (Wildman–Crippen MR) is 115 cm³/mol. The number of rotatable bonds is 8. The van der Waals surface area contributed by atoms with Crippen LogP contribution in [-0.4, -0.2) is 42.2 Å². The van der Waals surface area contributed by atoms with E-state index in [2.05, 4.69) is 24.5 Å². The zero-order valence-corrected chi connectivity index (χ0v) is 18.5. The Morgan fingerprint density at radius 3 is 2.59 bits per heavy atom. The van der Waals surface area contributed by atoms with Crippen molar-refractivity contribution in [2.45, 2.75) is 63.9 Å². The molecule has 1 fully saturated rings. The highest BCUT2D eigenvalue weighted by molar-refractivity contribution is 8.00. The van der Waals surface area contributed by atoms with Gasteiger partial charge >= 0.3 is 5.97 Å².